The van der Waals surface area contributed by atoms with Gasteiger partial charge < -0.3 is 34.1 Å². The molecule has 0 aromatic heterocycles. The van der Waals surface area contributed by atoms with E-state index >= 15 is 0 Å². The highest BCUT2D eigenvalue weighted by Gasteiger charge is 2.35. The first-order valence-corrected chi connectivity index (χ1v) is 11.7. The number of hydrogen-bond donors (Lipinski definition) is 2. The van der Waals surface area contributed by atoms with Crippen LogP contribution in [0.3, 0.4) is 0 Å². The van der Waals surface area contributed by atoms with Crippen LogP contribution in [0.15, 0.2) is 48.5 Å². The minimum absolute atomic E-state index is 0.107. The van der Waals surface area contributed by atoms with E-state index in [1.807, 2.05) is 48.5 Å². The molecule has 9 heteroatoms. The molecule has 2 aromatic carbocycles. The normalized spacial score (nSPS) is 18.6. The first kappa shape index (κ1) is 26.3. The predicted octanol–water partition coefficient (Wildman–Crippen LogP) is 4.01. The van der Waals surface area contributed by atoms with E-state index in [1.54, 1.807) is 7.11 Å². The van der Waals surface area contributed by atoms with Gasteiger partial charge in [0.25, 0.3) is 0 Å². The Morgan fingerprint density at radius 1 is 1.09 bits per heavy atom. The zero-order valence-corrected chi connectivity index (χ0v) is 20.1. The molecule has 0 bridgehead atoms. The van der Waals surface area contributed by atoms with Crippen LogP contribution in [0.5, 0.6) is 11.5 Å². The summed E-state index contributed by atoms with van der Waals surface area (Å²) in [6.07, 6.45) is -1.32. The Kier molecular flexibility index (Phi) is 9.75. The molecule has 0 aliphatic carbocycles. The maximum atomic E-state index is 11.4. The molecule has 35 heavy (non-hydrogen) atoms. The first-order chi connectivity index (χ1) is 16.9. The lowest BCUT2D eigenvalue weighted by atomic mass is 9.87. The van der Waals surface area contributed by atoms with E-state index in [0.717, 1.165) is 29.0 Å². The molecule has 1 heterocycles. The van der Waals surface area contributed by atoms with Crippen molar-refractivity contribution in [3.63, 3.8) is 0 Å². The highest BCUT2D eigenvalue weighted by Crippen LogP contribution is 2.32. The van der Waals surface area contributed by atoms with Crippen molar-refractivity contribution >= 4 is 12.1 Å². The molecule has 0 spiro atoms. The fourth-order valence-electron chi connectivity index (χ4n) is 4.10. The third kappa shape index (κ3) is 7.60. The maximum absolute atomic E-state index is 11.4. The number of ether oxygens (including phenoxy) is 4. The number of rotatable bonds is 12. The summed E-state index contributed by atoms with van der Waals surface area (Å²) in [6, 6.07) is 15.3. The maximum Gasteiger partial charge on any atom is 0.407 e. The number of carboxylic acid groups (broad SMARTS) is 2. The lowest BCUT2D eigenvalue weighted by Gasteiger charge is -2.38. The molecular weight excluding hydrogens is 454 g/mol. The summed E-state index contributed by atoms with van der Waals surface area (Å²) in [5.41, 5.74) is 1.96. The van der Waals surface area contributed by atoms with Crippen molar-refractivity contribution in [1.82, 2.24) is 4.90 Å². The monoisotopic (exact) mass is 487 g/mol. The number of aliphatic carboxylic acids is 1. The van der Waals surface area contributed by atoms with Crippen LogP contribution in [0.2, 0.25) is 0 Å². The molecule has 2 N–H and O–H groups in total. The number of piperidine rings is 1. The van der Waals surface area contributed by atoms with E-state index in [4.69, 9.17) is 18.9 Å². The van der Waals surface area contributed by atoms with E-state index in [2.05, 4.69) is 0 Å². The number of hydrogen-bond acceptors (Lipinski definition) is 6. The highest BCUT2D eigenvalue weighted by molar-refractivity contribution is 5.71. The topological polar surface area (TPSA) is 115 Å². The Bertz CT molecular complexity index is 962. The van der Waals surface area contributed by atoms with Gasteiger partial charge in [-0.25, -0.2) is 9.59 Å². The number of amides is 1. The van der Waals surface area contributed by atoms with Crippen molar-refractivity contribution in [1.29, 1.82) is 0 Å². The summed E-state index contributed by atoms with van der Waals surface area (Å²) in [5, 5.41) is 18.5. The third-order valence-corrected chi connectivity index (χ3v) is 6.02. The second kappa shape index (κ2) is 13.0. The molecule has 1 unspecified atom stereocenters. The molecule has 1 amide bonds. The average Bonchev–Trinajstić information content (AvgIpc) is 2.86. The predicted molar refractivity (Wildman–Crippen MR) is 128 cm³/mol. The van der Waals surface area contributed by atoms with E-state index in [1.165, 1.54) is 11.8 Å². The third-order valence-electron chi connectivity index (χ3n) is 6.02. The van der Waals surface area contributed by atoms with Crippen LogP contribution in [0.4, 0.5) is 4.79 Å². The molecule has 0 radical (unpaired) electrons. The van der Waals surface area contributed by atoms with Crippen LogP contribution in [0, 0.1) is 0 Å². The second-order valence-corrected chi connectivity index (χ2v) is 8.41. The zero-order chi connectivity index (χ0) is 25.2. The van der Waals surface area contributed by atoms with Gasteiger partial charge in [-0.05, 0) is 37.1 Å². The molecule has 1 aliphatic rings. The average molecular weight is 488 g/mol. The Morgan fingerprint density at radius 3 is 2.51 bits per heavy atom. The number of nitrogens with zero attached hydrogens (tertiary/aromatic N) is 1. The SMILES string of the molecule is COc1ccccc1COCCCOc1ccc(C2CCN(C(=O)O)C[C@H]2O[C@H](C)C(=O)O)cc1. The summed E-state index contributed by atoms with van der Waals surface area (Å²) < 4.78 is 22.6. The molecule has 0 saturated carbocycles. The van der Waals surface area contributed by atoms with Crippen LogP contribution in [-0.4, -0.2) is 72.8 Å². The Labute approximate surface area is 205 Å². The highest BCUT2D eigenvalue weighted by atomic mass is 16.5. The molecule has 190 valence electrons. The van der Waals surface area contributed by atoms with Gasteiger partial charge in [0.05, 0.1) is 39.6 Å². The summed E-state index contributed by atoms with van der Waals surface area (Å²) >= 11 is 0. The van der Waals surface area contributed by atoms with Gasteiger partial charge in [0.15, 0.2) is 6.10 Å². The zero-order valence-electron chi connectivity index (χ0n) is 20.1. The number of carbonyl (C=O) groups is 2. The number of likely N-dealkylation sites (tertiary alicyclic amines) is 1. The Hall–Kier alpha value is -3.30. The summed E-state index contributed by atoms with van der Waals surface area (Å²) in [6.45, 7) is 3.49. The molecular formula is C26H33NO8. The van der Waals surface area contributed by atoms with Gasteiger partial charge in [0, 0.05) is 24.4 Å². The van der Waals surface area contributed by atoms with E-state index in [9.17, 15) is 19.8 Å². The molecule has 3 rings (SSSR count). The largest absolute Gasteiger partial charge is 0.496 e. The lowest BCUT2D eigenvalue weighted by molar-refractivity contribution is -0.155. The van der Waals surface area contributed by atoms with Gasteiger partial charge in [0.1, 0.15) is 11.5 Å². The molecule has 9 nitrogen and oxygen atoms in total. The Balaban J connectivity index is 1.48. The van der Waals surface area contributed by atoms with Gasteiger partial charge >= 0.3 is 12.1 Å². The molecule has 1 aliphatic heterocycles. The summed E-state index contributed by atoms with van der Waals surface area (Å²) in [4.78, 5) is 23.9. The van der Waals surface area contributed by atoms with Crippen molar-refractivity contribution in [2.75, 3.05) is 33.4 Å². The second-order valence-electron chi connectivity index (χ2n) is 8.41. The van der Waals surface area contributed by atoms with Crippen molar-refractivity contribution in [2.24, 2.45) is 0 Å². The van der Waals surface area contributed by atoms with Crippen molar-refractivity contribution in [2.45, 2.75) is 44.5 Å². The summed E-state index contributed by atoms with van der Waals surface area (Å²) in [7, 11) is 1.64. The number of carboxylic acids is 1. The van der Waals surface area contributed by atoms with Crippen LogP contribution in [-0.2, 0) is 20.9 Å². The fraction of sp³-hybridized carbons (Fsp3) is 0.462. The van der Waals surface area contributed by atoms with Crippen molar-refractivity contribution in [3.05, 3.63) is 59.7 Å². The molecule has 1 saturated heterocycles. The van der Waals surface area contributed by atoms with Crippen molar-refractivity contribution < 1.29 is 38.7 Å². The minimum Gasteiger partial charge on any atom is -0.496 e. The van der Waals surface area contributed by atoms with Gasteiger partial charge in [-0.3, -0.25) is 0 Å². The quantitative estimate of drug-likeness (QED) is 0.432. The van der Waals surface area contributed by atoms with E-state index in [0.29, 0.717) is 32.8 Å². The smallest absolute Gasteiger partial charge is 0.407 e. The number of methoxy groups -OCH3 is 1. The molecule has 1 fully saturated rings. The van der Waals surface area contributed by atoms with Crippen LogP contribution < -0.4 is 9.47 Å². The molecule has 2 aromatic rings. The number of benzene rings is 2. The van der Waals surface area contributed by atoms with Gasteiger partial charge in [-0.2, -0.15) is 0 Å². The summed E-state index contributed by atoms with van der Waals surface area (Å²) in [5.74, 6) is 0.344. The van der Waals surface area contributed by atoms with Crippen LogP contribution >= 0.6 is 0 Å². The van der Waals surface area contributed by atoms with Crippen molar-refractivity contribution in [3.8, 4) is 11.5 Å². The lowest BCUT2D eigenvalue weighted by Crippen LogP contribution is -2.48. The van der Waals surface area contributed by atoms with E-state index < -0.39 is 24.3 Å². The van der Waals surface area contributed by atoms with Gasteiger partial charge in [-0.15, -0.1) is 0 Å². The Morgan fingerprint density at radius 2 is 1.83 bits per heavy atom. The fourth-order valence-corrected chi connectivity index (χ4v) is 4.10. The molecule has 3 atom stereocenters. The standard InChI is InChI=1S/C26H33NO8/c1-18(25(28)29)35-24-16-27(26(30)31)13-12-22(24)19-8-10-21(11-9-19)34-15-5-14-33-17-20-6-3-4-7-23(20)32-2/h3-4,6-11,18,22,24H,5,12-17H2,1-2H3,(H,28,29)(H,30,31)/t18-,22?,24-/m1/s1. The van der Waals surface area contributed by atoms with Gasteiger partial charge in [-0.1, -0.05) is 30.3 Å². The van der Waals surface area contributed by atoms with E-state index in [-0.39, 0.29) is 12.5 Å². The van der Waals surface area contributed by atoms with Gasteiger partial charge in [0.2, 0.25) is 0 Å². The number of para-hydroxylation sites is 1. The van der Waals surface area contributed by atoms with Crippen LogP contribution in [0.25, 0.3) is 0 Å². The van der Waals surface area contributed by atoms with Crippen LogP contribution in [0.1, 0.15) is 36.8 Å². The minimum atomic E-state index is -1.08. The first-order valence-electron chi connectivity index (χ1n) is 11.7.